The van der Waals surface area contributed by atoms with Crippen LogP contribution < -0.4 is 5.32 Å². The molecule has 0 fully saturated rings. The zero-order valence-electron chi connectivity index (χ0n) is 14.5. The lowest BCUT2D eigenvalue weighted by atomic mass is 9.96. The van der Waals surface area contributed by atoms with Crippen molar-refractivity contribution in [3.63, 3.8) is 0 Å². The van der Waals surface area contributed by atoms with E-state index in [9.17, 15) is 9.59 Å². The monoisotopic (exact) mass is 317 g/mol. The SMILES string of the molecule is CCOC(=O)C(CNC(=O)/C=C/C(C)(C)C)Cc1ccccc1. The molecule has 1 N–H and O–H groups in total. The van der Waals surface area contributed by atoms with Gasteiger partial charge in [-0.25, -0.2) is 0 Å². The van der Waals surface area contributed by atoms with Crippen molar-refractivity contribution in [1.82, 2.24) is 5.32 Å². The van der Waals surface area contributed by atoms with Gasteiger partial charge in [0, 0.05) is 6.54 Å². The van der Waals surface area contributed by atoms with Gasteiger partial charge in [-0.2, -0.15) is 0 Å². The second-order valence-corrected chi connectivity index (χ2v) is 6.58. The van der Waals surface area contributed by atoms with Crippen LogP contribution in [0.1, 0.15) is 33.3 Å². The molecule has 1 unspecified atom stereocenters. The molecular weight excluding hydrogens is 290 g/mol. The summed E-state index contributed by atoms with van der Waals surface area (Å²) in [5.41, 5.74) is 0.993. The van der Waals surface area contributed by atoms with Gasteiger partial charge >= 0.3 is 5.97 Å². The number of ether oxygens (including phenoxy) is 1. The minimum absolute atomic E-state index is 0.0536. The van der Waals surface area contributed by atoms with Crippen LogP contribution in [0.15, 0.2) is 42.5 Å². The highest BCUT2D eigenvalue weighted by Crippen LogP contribution is 2.14. The third kappa shape index (κ3) is 8.19. The third-order valence-corrected chi connectivity index (χ3v) is 3.20. The molecule has 4 heteroatoms. The van der Waals surface area contributed by atoms with Gasteiger partial charge in [0.1, 0.15) is 0 Å². The van der Waals surface area contributed by atoms with Gasteiger partial charge in [-0.05, 0) is 30.4 Å². The Bertz CT molecular complexity index is 529. The number of carbonyl (C=O) groups is 2. The summed E-state index contributed by atoms with van der Waals surface area (Å²) in [5.74, 6) is -0.858. The summed E-state index contributed by atoms with van der Waals surface area (Å²) < 4.78 is 5.11. The molecule has 0 aliphatic carbocycles. The first-order chi connectivity index (χ1) is 10.8. The predicted octanol–water partition coefficient (Wildman–Crippen LogP) is 3.13. The second-order valence-electron chi connectivity index (χ2n) is 6.58. The van der Waals surface area contributed by atoms with Crippen LogP contribution in [-0.4, -0.2) is 25.0 Å². The van der Waals surface area contributed by atoms with E-state index >= 15 is 0 Å². The maximum Gasteiger partial charge on any atom is 0.311 e. The van der Waals surface area contributed by atoms with Crippen LogP contribution in [0.4, 0.5) is 0 Å². The van der Waals surface area contributed by atoms with Crippen molar-refractivity contribution >= 4 is 11.9 Å². The summed E-state index contributed by atoms with van der Waals surface area (Å²) in [6.07, 6.45) is 3.91. The van der Waals surface area contributed by atoms with E-state index in [2.05, 4.69) is 5.32 Å². The number of rotatable bonds is 7. The average molecular weight is 317 g/mol. The lowest BCUT2D eigenvalue weighted by molar-refractivity contribution is -0.147. The smallest absolute Gasteiger partial charge is 0.311 e. The number of allylic oxidation sites excluding steroid dienone is 1. The van der Waals surface area contributed by atoms with Gasteiger partial charge in [0.25, 0.3) is 0 Å². The standard InChI is InChI=1S/C19H27NO3/c1-5-23-18(22)16(13-15-9-7-6-8-10-15)14-20-17(21)11-12-19(2,3)4/h6-12,16H,5,13-14H2,1-4H3,(H,20,21)/b12-11+. The van der Waals surface area contributed by atoms with E-state index in [0.717, 1.165) is 5.56 Å². The lowest BCUT2D eigenvalue weighted by Gasteiger charge is -2.16. The predicted molar refractivity (Wildman–Crippen MR) is 91.9 cm³/mol. The molecule has 0 radical (unpaired) electrons. The number of hydrogen-bond donors (Lipinski definition) is 1. The van der Waals surface area contributed by atoms with Crippen LogP contribution in [0.3, 0.4) is 0 Å². The Morgan fingerprint density at radius 3 is 2.43 bits per heavy atom. The Kier molecular flexibility index (Phi) is 7.52. The third-order valence-electron chi connectivity index (χ3n) is 3.20. The molecule has 1 aromatic rings. The first-order valence-electron chi connectivity index (χ1n) is 7.99. The Hall–Kier alpha value is -2.10. The molecule has 1 amide bonds. The van der Waals surface area contributed by atoms with Crippen LogP contribution >= 0.6 is 0 Å². The normalized spacial score (nSPS) is 12.9. The molecule has 0 aromatic heterocycles. The summed E-state index contributed by atoms with van der Waals surface area (Å²) in [6, 6.07) is 9.73. The maximum atomic E-state index is 12.1. The number of benzene rings is 1. The van der Waals surface area contributed by atoms with Gasteiger partial charge in [0.15, 0.2) is 0 Å². The van der Waals surface area contributed by atoms with Crippen molar-refractivity contribution in [2.75, 3.05) is 13.2 Å². The van der Waals surface area contributed by atoms with Crippen LogP contribution in [0, 0.1) is 11.3 Å². The Labute approximate surface area is 138 Å². The molecule has 0 saturated carbocycles. The van der Waals surface area contributed by atoms with Crippen molar-refractivity contribution in [1.29, 1.82) is 0 Å². The summed E-state index contributed by atoms with van der Waals surface area (Å²) in [6.45, 7) is 8.44. The van der Waals surface area contributed by atoms with Crippen molar-refractivity contribution in [2.45, 2.75) is 34.1 Å². The first-order valence-corrected chi connectivity index (χ1v) is 7.99. The van der Waals surface area contributed by atoms with Crippen LogP contribution in [0.5, 0.6) is 0 Å². The Morgan fingerprint density at radius 2 is 1.87 bits per heavy atom. The van der Waals surface area contributed by atoms with Gasteiger partial charge in [0.2, 0.25) is 5.91 Å². The van der Waals surface area contributed by atoms with Crippen molar-refractivity contribution in [2.24, 2.45) is 11.3 Å². The summed E-state index contributed by atoms with van der Waals surface area (Å²) in [7, 11) is 0. The molecule has 23 heavy (non-hydrogen) atoms. The molecule has 0 heterocycles. The van der Waals surface area contributed by atoms with Crippen molar-refractivity contribution < 1.29 is 14.3 Å². The van der Waals surface area contributed by atoms with E-state index in [4.69, 9.17) is 4.74 Å². The maximum absolute atomic E-state index is 12.1. The molecule has 0 aliphatic rings. The average Bonchev–Trinajstić information content (AvgIpc) is 2.50. The first kappa shape index (κ1) is 18.9. The molecule has 1 atom stereocenters. The highest BCUT2D eigenvalue weighted by molar-refractivity contribution is 5.88. The fraction of sp³-hybridized carbons (Fsp3) is 0.474. The van der Waals surface area contributed by atoms with Gasteiger partial charge in [0.05, 0.1) is 12.5 Å². The van der Waals surface area contributed by atoms with Crippen molar-refractivity contribution in [3.8, 4) is 0 Å². The molecule has 0 aliphatic heterocycles. The zero-order chi connectivity index (χ0) is 17.3. The quantitative estimate of drug-likeness (QED) is 0.621. The van der Waals surface area contributed by atoms with E-state index in [0.29, 0.717) is 13.0 Å². The largest absolute Gasteiger partial charge is 0.466 e. The number of hydrogen-bond acceptors (Lipinski definition) is 3. The van der Waals surface area contributed by atoms with Crippen molar-refractivity contribution in [3.05, 3.63) is 48.0 Å². The molecule has 126 valence electrons. The van der Waals surface area contributed by atoms with Crippen LogP contribution in [0.25, 0.3) is 0 Å². The Balaban J connectivity index is 2.65. The van der Waals surface area contributed by atoms with Gasteiger partial charge in [-0.1, -0.05) is 57.2 Å². The molecule has 4 nitrogen and oxygen atoms in total. The van der Waals surface area contributed by atoms with E-state index in [-0.39, 0.29) is 29.8 Å². The number of nitrogens with one attached hydrogen (secondary N) is 1. The van der Waals surface area contributed by atoms with E-state index in [1.54, 1.807) is 6.92 Å². The van der Waals surface area contributed by atoms with Crippen LogP contribution in [-0.2, 0) is 20.7 Å². The van der Waals surface area contributed by atoms with Gasteiger partial charge in [-0.3, -0.25) is 9.59 Å². The van der Waals surface area contributed by atoms with E-state index in [1.807, 2.05) is 57.2 Å². The van der Waals surface area contributed by atoms with Gasteiger partial charge < -0.3 is 10.1 Å². The number of carbonyl (C=O) groups excluding carboxylic acids is 2. The molecular formula is C19H27NO3. The van der Waals surface area contributed by atoms with E-state index in [1.165, 1.54) is 6.08 Å². The summed E-state index contributed by atoms with van der Waals surface area (Å²) in [4.78, 5) is 24.0. The zero-order valence-corrected chi connectivity index (χ0v) is 14.5. The van der Waals surface area contributed by atoms with Gasteiger partial charge in [-0.15, -0.1) is 0 Å². The molecule has 0 bridgehead atoms. The second kappa shape index (κ2) is 9.13. The fourth-order valence-corrected chi connectivity index (χ4v) is 2.01. The molecule has 0 spiro atoms. The van der Waals surface area contributed by atoms with Crippen LogP contribution in [0.2, 0.25) is 0 Å². The summed E-state index contributed by atoms with van der Waals surface area (Å²) in [5, 5.41) is 2.79. The minimum atomic E-state index is -0.385. The molecule has 1 aromatic carbocycles. The van der Waals surface area contributed by atoms with E-state index < -0.39 is 0 Å². The minimum Gasteiger partial charge on any atom is -0.466 e. The fourth-order valence-electron chi connectivity index (χ4n) is 2.01. The lowest BCUT2D eigenvalue weighted by Crippen LogP contribution is -2.34. The number of esters is 1. The summed E-state index contributed by atoms with van der Waals surface area (Å²) >= 11 is 0. The molecule has 1 rings (SSSR count). The molecule has 0 saturated heterocycles. The number of amides is 1. The highest BCUT2D eigenvalue weighted by Gasteiger charge is 2.20. The Morgan fingerprint density at radius 1 is 1.22 bits per heavy atom. The topological polar surface area (TPSA) is 55.4 Å². The highest BCUT2D eigenvalue weighted by atomic mass is 16.5.